The predicted molar refractivity (Wildman–Crippen MR) is 67.7 cm³/mol. The molecule has 0 aromatic carbocycles. The van der Waals surface area contributed by atoms with Crippen LogP contribution in [0.2, 0.25) is 0 Å². The van der Waals surface area contributed by atoms with Crippen molar-refractivity contribution in [2.75, 3.05) is 19.0 Å². The summed E-state index contributed by atoms with van der Waals surface area (Å²) in [5.41, 5.74) is 0. The summed E-state index contributed by atoms with van der Waals surface area (Å²) >= 11 is 5.58. The summed E-state index contributed by atoms with van der Waals surface area (Å²) in [7, 11) is -3.47. The molecule has 0 saturated carbocycles. The van der Waals surface area contributed by atoms with E-state index in [9.17, 15) is 8.42 Å². The average Bonchev–Trinajstić information content (AvgIpc) is 2.79. The molecule has 0 saturated heterocycles. The number of nitrogens with zero attached hydrogens (tertiary/aromatic N) is 3. The van der Waals surface area contributed by atoms with Gasteiger partial charge in [0.15, 0.2) is 5.03 Å². The summed E-state index contributed by atoms with van der Waals surface area (Å²) in [6, 6.07) is 0. The molecule has 0 aliphatic rings. The van der Waals surface area contributed by atoms with Gasteiger partial charge in [-0.05, 0) is 13.3 Å². The van der Waals surface area contributed by atoms with Crippen LogP contribution >= 0.6 is 11.6 Å². The van der Waals surface area contributed by atoms with Crippen LogP contribution in [-0.4, -0.2) is 41.2 Å². The maximum absolute atomic E-state index is 12.2. The first-order valence-electron chi connectivity index (χ1n) is 5.64. The molecule has 0 fully saturated rings. The van der Waals surface area contributed by atoms with Crippen LogP contribution in [0.4, 0.5) is 0 Å². The van der Waals surface area contributed by atoms with Crippen molar-refractivity contribution in [2.24, 2.45) is 0 Å². The van der Waals surface area contributed by atoms with Crippen LogP contribution < -0.4 is 0 Å². The van der Waals surface area contributed by atoms with E-state index in [1.54, 1.807) is 10.8 Å². The maximum Gasteiger partial charge on any atom is 0.262 e. The van der Waals surface area contributed by atoms with Gasteiger partial charge < -0.3 is 4.57 Å². The first-order valence-corrected chi connectivity index (χ1v) is 7.61. The lowest BCUT2D eigenvalue weighted by atomic mass is 10.5. The zero-order chi connectivity index (χ0) is 12.9. The third kappa shape index (κ3) is 3.43. The molecule has 0 spiro atoms. The number of halogens is 1. The molecule has 0 unspecified atom stereocenters. The largest absolute Gasteiger partial charge is 0.336 e. The molecule has 0 radical (unpaired) electrons. The SMILES string of the molecule is CCN(CCCCl)S(=O)(=O)c1cn(CC)cn1. The third-order valence-electron chi connectivity index (χ3n) is 2.47. The van der Waals surface area contributed by atoms with Crippen LogP contribution in [0.1, 0.15) is 20.3 Å². The minimum Gasteiger partial charge on any atom is -0.336 e. The molecule has 0 bridgehead atoms. The molecule has 1 rings (SSSR count). The molecule has 0 aliphatic carbocycles. The molecule has 1 aromatic rings. The predicted octanol–water partition coefficient (Wildman–Crippen LogP) is 1.54. The van der Waals surface area contributed by atoms with Crippen LogP contribution in [0.5, 0.6) is 0 Å². The number of alkyl halides is 1. The van der Waals surface area contributed by atoms with Crippen LogP contribution in [0, 0.1) is 0 Å². The minimum absolute atomic E-state index is 0.107. The minimum atomic E-state index is -3.47. The monoisotopic (exact) mass is 279 g/mol. The summed E-state index contributed by atoms with van der Waals surface area (Å²) < 4.78 is 27.5. The Morgan fingerprint density at radius 1 is 1.47 bits per heavy atom. The van der Waals surface area contributed by atoms with Gasteiger partial charge in [-0.1, -0.05) is 6.92 Å². The number of aryl methyl sites for hydroxylation is 1. The molecule has 0 N–H and O–H groups in total. The maximum atomic E-state index is 12.2. The van der Waals surface area contributed by atoms with E-state index in [0.717, 1.165) is 0 Å². The Morgan fingerprint density at radius 3 is 2.65 bits per heavy atom. The van der Waals surface area contributed by atoms with E-state index < -0.39 is 10.0 Å². The van der Waals surface area contributed by atoms with Gasteiger partial charge in [0.25, 0.3) is 10.0 Å². The lowest BCUT2D eigenvalue weighted by Gasteiger charge is -2.18. The summed E-state index contributed by atoms with van der Waals surface area (Å²) in [5.74, 6) is 0.454. The Balaban J connectivity index is 2.91. The Bertz CT molecular complexity index is 444. The number of sulfonamides is 1. The second-order valence-electron chi connectivity index (χ2n) is 3.58. The zero-order valence-corrected chi connectivity index (χ0v) is 11.7. The first-order chi connectivity index (χ1) is 8.06. The summed E-state index contributed by atoms with van der Waals surface area (Å²) in [6.07, 6.45) is 3.73. The normalized spacial score (nSPS) is 12.2. The Labute approximate surface area is 107 Å². The van der Waals surface area contributed by atoms with Gasteiger partial charge in [-0.3, -0.25) is 0 Å². The van der Waals surface area contributed by atoms with Crippen molar-refractivity contribution in [2.45, 2.75) is 31.8 Å². The molecule has 7 heteroatoms. The van der Waals surface area contributed by atoms with E-state index in [-0.39, 0.29) is 5.03 Å². The molecule has 98 valence electrons. The van der Waals surface area contributed by atoms with Crippen molar-refractivity contribution in [1.82, 2.24) is 13.9 Å². The number of hydrogen-bond acceptors (Lipinski definition) is 3. The quantitative estimate of drug-likeness (QED) is 0.712. The highest BCUT2D eigenvalue weighted by molar-refractivity contribution is 7.89. The number of imidazole rings is 1. The van der Waals surface area contributed by atoms with Crippen molar-refractivity contribution in [1.29, 1.82) is 0 Å². The molecule has 5 nitrogen and oxygen atoms in total. The van der Waals surface area contributed by atoms with Crippen LogP contribution in [-0.2, 0) is 16.6 Å². The molecule has 0 aliphatic heterocycles. The zero-order valence-electron chi connectivity index (χ0n) is 10.1. The van der Waals surface area contributed by atoms with Crippen molar-refractivity contribution in [3.8, 4) is 0 Å². The molecule has 0 atom stereocenters. The van der Waals surface area contributed by atoms with Crippen LogP contribution in [0.25, 0.3) is 0 Å². The van der Waals surface area contributed by atoms with Crippen molar-refractivity contribution >= 4 is 21.6 Å². The fourth-order valence-electron chi connectivity index (χ4n) is 1.46. The molecular weight excluding hydrogens is 262 g/mol. The smallest absolute Gasteiger partial charge is 0.262 e. The van der Waals surface area contributed by atoms with Gasteiger partial charge in [-0.15, -0.1) is 11.6 Å². The average molecular weight is 280 g/mol. The van der Waals surface area contributed by atoms with Crippen LogP contribution in [0.15, 0.2) is 17.6 Å². The summed E-state index contributed by atoms with van der Waals surface area (Å²) in [6.45, 7) is 5.31. The van der Waals surface area contributed by atoms with Gasteiger partial charge >= 0.3 is 0 Å². The Kier molecular flexibility index (Phi) is 5.42. The van der Waals surface area contributed by atoms with Gasteiger partial charge in [-0.25, -0.2) is 13.4 Å². The molecule has 1 aromatic heterocycles. The standard InChI is InChI=1S/C10H18ClN3O2S/c1-3-13-8-10(12-9-13)17(15,16)14(4-2)7-5-6-11/h8-9H,3-7H2,1-2H3. The molecule has 1 heterocycles. The summed E-state index contributed by atoms with van der Waals surface area (Å²) in [4.78, 5) is 3.94. The molecule has 17 heavy (non-hydrogen) atoms. The van der Waals surface area contributed by atoms with Gasteiger partial charge in [-0.2, -0.15) is 4.31 Å². The highest BCUT2D eigenvalue weighted by atomic mass is 35.5. The second kappa shape index (κ2) is 6.37. The number of rotatable bonds is 7. The lowest BCUT2D eigenvalue weighted by molar-refractivity contribution is 0.426. The van der Waals surface area contributed by atoms with Gasteiger partial charge in [0.2, 0.25) is 0 Å². The Hall–Kier alpha value is -0.590. The Morgan fingerprint density at radius 2 is 2.18 bits per heavy atom. The van der Waals surface area contributed by atoms with E-state index in [0.29, 0.717) is 31.9 Å². The van der Waals surface area contributed by atoms with Crippen molar-refractivity contribution < 1.29 is 8.42 Å². The molecule has 0 amide bonds. The van der Waals surface area contributed by atoms with Crippen molar-refractivity contribution in [3.05, 3.63) is 12.5 Å². The van der Waals surface area contributed by atoms with E-state index in [4.69, 9.17) is 11.6 Å². The van der Waals surface area contributed by atoms with Gasteiger partial charge in [0, 0.05) is 31.7 Å². The van der Waals surface area contributed by atoms with E-state index in [1.807, 2.05) is 13.8 Å². The summed E-state index contributed by atoms with van der Waals surface area (Å²) in [5, 5.41) is 0.107. The topological polar surface area (TPSA) is 55.2 Å². The highest BCUT2D eigenvalue weighted by Gasteiger charge is 2.24. The second-order valence-corrected chi connectivity index (χ2v) is 5.84. The van der Waals surface area contributed by atoms with Gasteiger partial charge in [0.05, 0.1) is 6.33 Å². The fourth-order valence-corrected chi connectivity index (χ4v) is 3.00. The van der Waals surface area contributed by atoms with E-state index >= 15 is 0 Å². The highest BCUT2D eigenvalue weighted by Crippen LogP contribution is 2.13. The number of hydrogen-bond donors (Lipinski definition) is 0. The first kappa shape index (κ1) is 14.5. The van der Waals surface area contributed by atoms with E-state index in [1.165, 1.54) is 10.6 Å². The van der Waals surface area contributed by atoms with Crippen molar-refractivity contribution in [3.63, 3.8) is 0 Å². The van der Waals surface area contributed by atoms with Gasteiger partial charge in [0.1, 0.15) is 0 Å². The lowest BCUT2D eigenvalue weighted by Crippen LogP contribution is -2.32. The van der Waals surface area contributed by atoms with E-state index in [2.05, 4.69) is 4.98 Å². The van der Waals surface area contributed by atoms with Crippen LogP contribution in [0.3, 0.4) is 0 Å². The number of aromatic nitrogens is 2. The fraction of sp³-hybridized carbons (Fsp3) is 0.700. The molecular formula is C10H18ClN3O2S. The third-order valence-corrected chi connectivity index (χ3v) is 4.60.